The van der Waals surface area contributed by atoms with E-state index in [1.807, 2.05) is 24.3 Å². The van der Waals surface area contributed by atoms with Crippen molar-refractivity contribution in [1.82, 2.24) is 4.98 Å². The van der Waals surface area contributed by atoms with Crippen LogP contribution in [0, 0.1) is 0 Å². The van der Waals surface area contributed by atoms with E-state index in [0.717, 1.165) is 24.8 Å². The number of carbonyl (C=O) groups is 1. The Balaban J connectivity index is 2.01. The van der Waals surface area contributed by atoms with Crippen LogP contribution in [0.3, 0.4) is 0 Å². The highest BCUT2D eigenvalue weighted by molar-refractivity contribution is 7.92. The van der Waals surface area contributed by atoms with E-state index in [4.69, 9.17) is 15.3 Å². The van der Waals surface area contributed by atoms with Crippen molar-refractivity contribution >= 4 is 21.6 Å². The highest BCUT2D eigenvalue weighted by Gasteiger charge is 2.46. The van der Waals surface area contributed by atoms with Gasteiger partial charge in [-0.05, 0) is 47.2 Å². The fraction of sp³-hybridized carbons (Fsp3) is 0.385. The van der Waals surface area contributed by atoms with Gasteiger partial charge in [-0.15, -0.1) is 0 Å². The van der Waals surface area contributed by atoms with Gasteiger partial charge in [-0.3, -0.25) is 4.79 Å². The molecule has 0 saturated carbocycles. The van der Waals surface area contributed by atoms with Crippen LogP contribution in [0.15, 0.2) is 70.4 Å². The smallest absolute Gasteiger partial charge is 0.322 e. The number of nitrogens with zero attached hydrogens (tertiary/aromatic N) is 1. The monoisotopic (exact) mass is 499 g/mol. The average molecular weight is 500 g/mol. The number of hydrogen-bond acceptors (Lipinski definition) is 7. The summed E-state index contributed by atoms with van der Waals surface area (Å²) in [5.41, 5.74) is 8.66. The number of nitrogens with one attached hydrogen (secondary N) is 1. The van der Waals surface area contributed by atoms with Crippen LogP contribution in [0.4, 0.5) is 5.82 Å². The summed E-state index contributed by atoms with van der Waals surface area (Å²) in [6.07, 6.45) is 4.52. The standard InChI is InChI=1S/C26H33N3O5S/c1-4-5-15-25(2,3)20-13-11-19(12-14-20)17-26(27,35(32,33)24-10-7-16-34-24)21-8-6-9-22(29-21)28-18-23(30)31/h6-14,16H,4-5,15,17-18,27H2,1-3H3,(H,28,29)(H,30,31). The average Bonchev–Trinajstić information content (AvgIpc) is 3.38. The zero-order chi connectivity index (χ0) is 25.7. The molecule has 188 valence electrons. The Hall–Kier alpha value is -3.17. The molecule has 0 aliphatic heterocycles. The van der Waals surface area contributed by atoms with Crippen LogP contribution in [-0.2, 0) is 31.3 Å². The molecule has 9 heteroatoms. The number of aromatic nitrogens is 1. The molecule has 0 saturated heterocycles. The second kappa shape index (κ2) is 10.6. The van der Waals surface area contributed by atoms with Crippen molar-refractivity contribution in [3.63, 3.8) is 0 Å². The van der Waals surface area contributed by atoms with Gasteiger partial charge in [0.05, 0.1) is 12.0 Å². The number of hydrogen-bond donors (Lipinski definition) is 3. The van der Waals surface area contributed by atoms with Crippen molar-refractivity contribution in [3.8, 4) is 0 Å². The lowest BCUT2D eigenvalue weighted by molar-refractivity contribution is -0.134. The molecule has 0 fully saturated rings. The summed E-state index contributed by atoms with van der Waals surface area (Å²) < 4.78 is 32.6. The Kier molecular flexibility index (Phi) is 8.02. The molecule has 2 aromatic heterocycles. The highest BCUT2D eigenvalue weighted by Crippen LogP contribution is 2.35. The molecule has 1 atom stereocenters. The van der Waals surface area contributed by atoms with Crippen molar-refractivity contribution in [3.05, 3.63) is 77.7 Å². The van der Waals surface area contributed by atoms with Gasteiger partial charge in [0.1, 0.15) is 12.4 Å². The minimum Gasteiger partial charge on any atom is -0.480 e. The van der Waals surface area contributed by atoms with E-state index in [9.17, 15) is 13.2 Å². The largest absolute Gasteiger partial charge is 0.480 e. The summed E-state index contributed by atoms with van der Waals surface area (Å²) in [7, 11) is -4.20. The van der Waals surface area contributed by atoms with Crippen LogP contribution < -0.4 is 11.1 Å². The molecule has 8 nitrogen and oxygen atoms in total. The summed E-state index contributed by atoms with van der Waals surface area (Å²) >= 11 is 0. The van der Waals surface area contributed by atoms with E-state index in [1.54, 1.807) is 12.1 Å². The number of carboxylic acids is 1. The van der Waals surface area contributed by atoms with Gasteiger partial charge >= 0.3 is 5.97 Å². The summed E-state index contributed by atoms with van der Waals surface area (Å²) in [6, 6.07) is 15.3. The lowest BCUT2D eigenvalue weighted by atomic mass is 9.80. The minimum absolute atomic E-state index is 0.000283. The third-order valence-corrected chi connectivity index (χ3v) is 8.27. The summed E-state index contributed by atoms with van der Waals surface area (Å²) in [5, 5.41) is 11.4. The molecule has 4 N–H and O–H groups in total. The Labute approximate surface area is 206 Å². The predicted octanol–water partition coefficient (Wildman–Crippen LogP) is 4.47. The number of aliphatic carboxylic acids is 1. The fourth-order valence-electron chi connectivity index (χ4n) is 3.99. The minimum atomic E-state index is -4.20. The first-order valence-electron chi connectivity index (χ1n) is 11.6. The van der Waals surface area contributed by atoms with Crippen LogP contribution in [-0.4, -0.2) is 31.0 Å². The van der Waals surface area contributed by atoms with Crippen molar-refractivity contribution in [1.29, 1.82) is 0 Å². The van der Waals surface area contributed by atoms with Crippen molar-refractivity contribution in [2.75, 3.05) is 11.9 Å². The molecule has 1 aromatic carbocycles. The maximum absolute atomic E-state index is 13.7. The van der Waals surface area contributed by atoms with Gasteiger partial charge in [0, 0.05) is 6.42 Å². The maximum Gasteiger partial charge on any atom is 0.322 e. The number of benzene rings is 1. The van der Waals surface area contributed by atoms with Gasteiger partial charge in [0.15, 0.2) is 4.87 Å². The van der Waals surface area contributed by atoms with E-state index < -0.39 is 20.7 Å². The van der Waals surface area contributed by atoms with E-state index in [2.05, 4.69) is 31.1 Å². The number of unbranched alkanes of at least 4 members (excludes halogenated alkanes) is 1. The Morgan fingerprint density at radius 3 is 2.43 bits per heavy atom. The first kappa shape index (κ1) is 26.4. The first-order valence-corrected chi connectivity index (χ1v) is 13.1. The SMILES string of the molecule is CCCCC(C)(C)c1ccc(CC(N)(c2cccc(NCC(=O)O)n2)S(=O)(=O)c2ccco2)cc1. The number of anilines is 1. The Morgan fingerprint density at radius 1 is 1.11 bits per heavy atom. The van der Waals surface area contributed by atoms with Gasteiger partial charge in [0.2, 0.25) is 14.9 Å². The van der Waals surface area contributed by atoms with Crippen molar-refractivity contribution in [2.24, 2.45) is 5.73 Å². The number of sulfone groups is 1. The molecule has 0 spiro atoms. The lowest BCUT2D eigenvalue weighted by Gasteiger charge is -2.29. The Bertz CT molecular complexity index is 1240. The molecule has 0 amide bonds. The molecular formula is C26H33N3O5S. The topological polar surface area (TPSA) is 136 Å². The quantitative estimate of drug-likeness (QED) is 0.332. The molecule has 3 rings (SSSR count). The van der Waals surface area contributed by atoms with Crippen LogP contribution >= 0.6 is 0 Å². The van der Waals surface area contributed by atoms with Crippen LogP contribution in [0.5, 0.6) is 0 Å². The molecule has 1 unspecified atom stereocenters. The molecule has 0 aliphatic rings. The van der Waals surface area contributed by atoms with Crippen molar-refractivity contribution in [2.45, 2.75) is 61.8 Å². The number of furan rings is 1. The molecule has 3 aromatic rings. The van der Waals surface area contributed by atoms with E-state index in [1.165, 1.54) is 30.0 Å². The third kappa shape index (κ3) is 5.91. The lowest BCUT2D eigenvalue weighted by Crippen LogP contribution is -2.47. The van der Waals surface area contributed by atoms with E-state index in [0.29, 0.717) is 0 Å². The molecule has 0 bridgehead atoms. The van der Waals surface area contributed by atoms with E-state index in [-0.39, 0.29) is 35.0 Å². The molecule has 35 heavy (non-hydrogen) atoms. The second-order valence-corrected chi connectivity index (χ2v) is 11.5. The zero-order valence-corrected chi connectivity index (χ0v) is 21.1. The van der Waals surface area contributed by atoms with Gasteiger partial charge in [-0.1, -0.05) is 63.9 Å². The van der Waals surface area contributed by atoms with Crippen molar-refractivity contribution < 1.29 is 22.7 Å². The number of carboxylic acid groups (broad SMARTS) is 1. The van der Waals surface area contributed by atoms with Gasteiger partial charge < -0.3 is 20.6 Å². The van der Waals surface area contributed by atoms with Crippen LogP contribution in [0.25, 0.3) is 0 Å². The normalized spacial score (nSPS) is 13.8. The second-order valence-electron chi connectivity index (χ2n) is 9.34. The van der Waals surface area contributed by atoms with Crippen LogP contribution in [0.1, 0.15) is 56.9 Å². The third-order valence-electron chi connectivity index (χ3n) is 6.20. The summed E-state index contributed by atoms with van der Waals surface area (Å²) in [5.74, 6) is -0.858. The maximum atomic E-state index is 13.7. The fourth-order valence-corrected chi connectivity index (χ4v) is 5.54. The first-order chi connectivity index (χ1) is 16.5. The van der Waals surface area contributed by atoms with Gasteiger partial charge in [-0.25, -0.2) is 13.4 Å². The number of pyridine rings is 1. The predicted molar refractivity (Wildman–Crippen MR) is 135 cm³/mol. The molecule has 2 heterocycles. The molecular weight excluding hydrogens is 466 g/mol. The summed E-state index contributed by atoms with van der Waals surface area (Å²) in [4.78, 5) is 13.3. The molecule has 0 aliphatic carbocycles. The molecule has 0 radical (unpaired) electrons. The number of nitrogens with two attached hydrogens (primary N) is 1. The summed E-state index contributed by atoms with van der Waals surface area (Å²) in [6.45, 7) is 6.20. The highest BCUT2D eigenvalue weighted by atomic mass is 32.2. The van der Waals surface area contributed by atoms with E-state index >= 15 is 0 Å². The Morgan fingerprint density at radius 2 is 1.83 bits per heavy atom. The van der Waals surface area contributed by atoms with Crippen LogP contribution in [0.2, 0.25) is 0 Å². The zero-order valence-electron chi connectivity index (χ0n) is 20.3. The van der Waals surface area contributed by atoms with Gasteiger partial charge in [0.25, 0.3) is 0 Å². The number of rotatable bonds is 12. The van der Waals surface area contributed by atoms with Gasteiger partial charge in [-0.2, -0.15) is 0 Å².